The SMILES string of the molecule is O=C(O)C1=Cc2cc(C#Cc3ccccc3)ccc2OC1C(F)(F)F. The molecule has 3 rings (SSSR count). The number of benzene rings is 2. The monoisotopic (exact) mass is 344 g/mol. The molecule has 0 fully saturated rings. The van der Waals surface area contributed by atoms with Crippen molar-refractivity contribution in [1.82, 2.24) is 0 Å². The first kappa shape index (κ1) is 16.7. The topological polar surface area (TPSA) is 46.5 Å². The summed E-state index contributed by atoms with van der Waals surface area (Å²) in [5.74, 6) is 4.12. The van der Waals surface area contributed by atoms with Crippen molar-refractivity contribution in [3.8, 4) is 17.6 Å². The second-order valence-corrected chi connectivity index (χ2v) is 5.31. The van der Waals surface area contributed by atoms with Gasteiger partial charge < -0.3 is 9.84 Å². The van der Waals surface area contributed by atoms with Crippen molar-refractivity contribution in [3.05, 3.63) is 70.8 Å². The van der Waals surface area contributed by atoms with Gasteiger partial charge in [-0.05, 0) is 36.4 Å². The summed E-state index contributed by atoms with van der Waals surface area (Å²) in [4.78, 5) is 11.1. The van der Waals surface area contributed by atoms with Crippen LogP contribution in [0, 0.1) is 11.8 Å². The van der Waals surface area contributed by atoms with E-state index in [2.05, 4.69) is 11.8 Å². The summed E-state index contributed by atoms with van der Waals surface area (Å²) in [6, 6.07) is 13.6. The van der Waals surface area contributed by atoms with Crippen LogP contribution >= 0.6 is 0 Å². The molecule has 0 bridgehead atoms. The smallest absolute Gasteiger partial charge is 0.430 e. The van der Waals surface area contributed by atoms with Crippen molar-refractivity contribution in [2.75, 3.05) is 0 Å². The van der Waals surface area contributed by atoms with Gasteiger partial charge in [0, 0.05) is 16.7 Å². The average Bonchev–Trinajstić information content (AvgIpc) is 2.58. The number of fused-ring (bicyclic) bond motifs is 1. The minimum atomic E-state index is -4.81. The summed E-state index contributed by atoms with van der Waals surface area (Å²) >= 11 is 0. The van der Waals surface area contributed by atoms with Gasteiger partial charge in [0.25, 0.3) is 0 Å². The molecule has 0 saturated heterocycles. The summed E-state index contributed by atoms with van der Waals surface area (Å²) in [6.45, 7) is 0. The molecule has 0 aromatic heterocycles. The van der Waals surface area contributed by atoms with Gasteiger partial charge in [-0.3, -0.25) is 0 Å². The molecule has 1 aliphatic heterocycles. The Bertz CT molecular complexity index is 903. The summed E-state index contributed by atoms with van der Waals surface area (Å²) in [5.41, 5.74) is 0.721. The van der Waals surface area contributed by atoms with E-state index in [1.54, 1.807) is 0 Å². The molecule has 2 aromatic carbocycles. The Kier molecular flexibility index (Phi) is 4.24. The molecule has 0 saturated carbocycles. The molecule has 1 atom stereocenters. The molecule has 1 aliphatic rings. The highest BCUT2D eigenvalue weighted by atomic mass is 19.4. The van der Waals surface area contributed by atoms with Crippen LogP contribution in [0.3, 0.4) is 0 Å². The first-order valence-corrected chi connectivity index (χ1v) is 7.24. The van der Waals surface area contributed by atoms with Gasteiger partial charge in [-0.15, -0.1) is 0 Å². The Morgan fingerprint density at radius 3 is 2.36 bits per heavy atom. The van der Waals surface area contributed by atoms with Crippen molar-refractivity contribution < 1.29 is 27.8 Å². The third-order valence-corrected chi connectivity index (χ3v) is 3.52. The van der Waals surface area contributed by atoms with E-state index in [0.717, 1.165) is 11.6 Å². The fourth-order valence-corrected chi connectivity index (χ4v) is 2.36. The van der Waals surface area contributed by atoms with Crippen LogP contribution in [0.4, 0.5) is 13.2 Å². The van der Waals surface area contributed by atoms with Crippen LogP contribution in [0.5, 0.6) is 5.75 Å². The minimum Gasteiger partial charge on any atom is -0.478 e. The van der Waals surface area contributed by atoms with Crippen LogP contribution in [0.15, 0.2) is 54.1 Å². The lowest BCUT2D eigenvalue weighted by Crippen LogP contribution is -2.40. The lowest BCUT2D eigenvalue weighted by Gasteiger charge is -2.27. The number of hydrogen-bond acceptors (Lipinski definition) is 2. The average molecular weight is 344 g/mol. The molecule has 126 valence electrons. The van der Waals surface area contributed by atoms with Crippen molar-refractivity contribution >= 4 is 12.0 Å². The van der Waals surface area contributed by atoms with Gasteiger partial charge >= 0.3 is 12.1 Å². The summed E-state index contributed by atoms with van der Waals surface area (Å²) in [7, 11) is 0. The second kappa shape index (κ2) is 6.36. The van der Waals surface area contributed by atoms with Gasteiger partial charge in [0.05, 0.1) is 5.57 Å². The molecule has 1 N–H and O–H groups in total. The number of halogens is 3. The third-order valence-electron chi connectivity index (χ3n) is 3.52. The lowest BCUT2D eigenvalue weighted by atomic mass is 9.99. The molecule has 1 unspecified atom stereocenters. The van der Waals surface area contributed by atoms with E-state index < -0.39 is 23.8 Å². The normalized spacial score (nSPS) is 16.0. The van der Waals surface area contributed by atoms with Gasteiger partial charge in [-0.25, -0.2) is 4.79 Å². The second-order valence-electron chi connectivity index (χ2n) is 5.31. The Morgan fingerprint density at radius 2 is 1.72 bits per heavy atom. The Morgan fingerprint density at radius 1 is 1.04 bits per heavy atom. The summed E-state index contributed by atoms with van der Waals surface area (Å²) < 4.78 is 43.8. The molecule has 6 heteroatoms. The van der Waals surface area contributed by atoms with E-state index in [1.165, 1.54) is 18.2 Å². The molecule has 0 radical (unpaired) electrons. The maximum atomic E-state index is 13.0. The highest BCUT2D eigenvalue weighted by Gasteiger charge is 2.48. The van der Waals surface area contributed by atoms with Gasteiger partial charge in [-0.2, -0.15) is 13.2 Å². The summed E-state index contributed by atoms with van der Waals surface area (Å²) in [5, 5.41) is 9.04. The van der Waals surface area contributed by atoms with Crippen molar-refractivity contribution in [2.45, 2.75) is 12.3 Å². The molecule has 0 amide bonds. The third kappa shape index (κ3) is 3.66. The largest absolute Gasteiger partial charge is 0.478 e. The number of carbonyl (C=O) groups is 1. The fraction of sp³-hybridized carbons (Fsp3) is 0.105. The minimum absolute atomic E-state index is 0.0300. The molecule has 0 aliphatic carbocycles. The van der Waals surface area contributed by atoms with Crippen LogP contribution in [0.25, 0.3) is 6.08 Å². The number of ether oxygens (including phenoxy) is 1. The standard InChI is InChI=1S/C19H11F3O3/c20-19(21,22)17-15(18(23)24)11-14-10-13(8-9-16(14)25-17)7-6-12-4-2-1-3-5-12/h1-5,8-11,17H,(H,23,24). The fourth-order valence-electron chi connectivity index (χ4n) is 2.36. The molecule has 0 spiro atoms. The number of carboxylic acid groups (broad SMARTS) is 1. The molecule has 1 heterocycles. The molecular weight excluding hydrogens is 333 g/mol. The van der Waals surface area contributed by atoms with E-state index in [1.807, 2.05) is 30.3 Å². The first-order valence-electron chi connectivity index (χ1n) is 7.24. The van der Waals surface area contributed by atoms with Crippen molar-refractivity contribution in [2.24, 2.45) is 0 Å². The van der Waals surface area contributed by atoms with E-state index in [4.69, 9.17) is 9.84 Å². The highest BCUT2D eigenvalue weighted by Crippen LogP contribution is 2.37. The quantitative estimate of drug-likeness (QED) is 0.799. The van der Waals surface area contributed by atoms with E-state index >= 15 is 0 Å². The summed E-state index contributed by atoms with van der Waals surface area (Å²) in [6.07, 6.45) is -6.32. The van der Waals surface area contributed by atoms with Gasteiger partial charge in [0.15, 0.2) is 0 Å². The Labute approximate surface area is 141 Å². The molecular formula is C19H11F3O3. The molecule has 2 aromatic rings. The number of hydrogen-bond donors (Lipinski definition) is 1. The number of carboxylic acids is 1. The van der Waals surface area contributed by atoms with Crippen LogP contribution < -0.4 is 4.74 Å². The highest BCUT2D eigenvalue weighted by molar-refractivity contribution is 5.95. The van der Waals surface area contributed by atoms with E-state index in [0.29, 0.717) is 5.56 Å². The number of aliphatic carboxylic acids is 1. The maximum absolute atomic E-state index is 13.0. The van der Waals surface area contributed by atoms with Crippen LogP contribution in [-0.2, 0) is 4.79 Å². The maximum Gasteiger partial charge on any atom is 0.430 e. The Hall–Kier alpha value is -3.20. The van der Waals surface area contributed by atoms with Gasteiger partial charge in [0.2, 0.25) is 6.10 Å². The molecule has 3 nitrogen and oxygen atoms in total. The zero-order chi connectivity index (χ0) is 18.0. The first-order chi connectivity index (χ1) is 11.8. The number of alkyl halides is 3. The zero-order valence-corrected chi connectivity index (χ0v) is 12.7. The van der Waals surface area contributed by atoms with Crippen molar-refractivity contribution in [3.63, 3.8) is 0 Å². The lowest BCUT2D eigenvalue weighted by molar-refractivity contribution is -0.187. The van der Waals surface area contributed by atoms with Gasteiger partial charge in [-0.1, -0.05) is 30.0 Å². The zero-order valence-electron chi connectivity index (χ0n) is 12.7. The predicted octanol–water partition coefficient (Wildman–Crippen LogP) is 3.88. The van der Waals surface area contributed by atoms with Crippen LogP contribution in [0.1, 0.15) is 16.7 Å². The predicted molar refractivity (Wildman–Crippen MR) is 84.9 cm³/mol. The number of rotatable bonds is 1. The van der Waals surface area contributed by atoms with Crippen molar-refractivity contribution in [1.29, 1.82) is 0 Å². The Balaban J connectivity index is 1.97. The van der Waals surface area contributed by atoms with Crippen LogP contribution in [-0.4, -0.2) is 23.4 Å². The van der Waals surface area contributed by atoms with Crippen LogP contribution in [0.2, 0.25) is 0 Å². The van der Waals surface area contributed by atoms with E-state index in [9.17, 15) is 18.0 Å². The van der Waals surface area contributed by atoms with Gasteiger partial charge in [0.1, 0.15) is 5.75 Å². The molecule has 25 heavy (non-hydrogen) atoms. The van der Waals surface area contributed by atoms with E-state index in [-0.39, 0.29) is 11.3 Å².